The molecule has 0 aliphatic carbocycles. The predicted octanol–water partition coefficient (Wildman–Crippen LogP) is 5.75. The van der Waals surface area contributed by atoms with Gasteiger partial charge in [0.15, 0.2) is 0 Å². The number of hydrogen-bond acceptors (Lipinski definition) is 4. The zero-order chi connectivity index (χ0) is 23.9. The van der Waals surface area contributed by atoms with E-state index in [2.05, 4.69) is 34.5 Å². The van der Waals surface area contributed by atoms with Gasteiger partial charge in [-0.2, -0.15) is 5.26 Å². The number of nitrogens with one attached hydrogen (secondary N) is 1. The van der Waals surface area contributed by atoms with E-state index in [1.165, 1.54) is 17.3 Å². The van der Waals surface area contributed by atoms with Crippen LogP contribution in [0.15, 0.2) is 90.6 Å². The Morgan fingerprint density at radius 3 is 1.88 bits per heavy atom. The van der Waals surface area contributed by atoms with Gasteiger partial charge in [-0.1, -0.05) is 89.9 Å². The lowest BCUT2D eigenvalue weighted by atomic mass is 9.96. The van der Waals surface area contributed by atoms with Gasteiger partial charge in [-0.3, -0.25) is 9.69 Å². The number of amides is 1. The summed E-state index contributed by atoms with van der Waals surface area (Å²) in [6, 6.07) is 28.0. The van der Waals surface area contributed by atoms with Crippen molar-refractivity contribution in [3.05, 3.63) is 112 Å². The highest BCUT2D eigenvalue weighted by atomic mass is 35.5. The number of carbonyl (C=O) groups excluding carboxylic acids is 1. The van der Waals surface area contributed by atoms with E-state index in [-0.39, 0.29) is 17.5 Å². The number of para-hydroxylation sites is 1. The summed E-state index contributed by atoms with van der Waals surface area (Å²) in [5.74, 6) is -0.311. The second-order valence-electron chi connectivity index (χ2n) is 7.96. The maximum absolute atomic E-state index is 13.0. The first-order valence-electron chi connectivity index (χ1n) is 11.0. The molecular weight excluding hydrogens is 467 g/mol. The molecule has 1 fully saturated rings. The van der Waals surface area contributed by atoms with Crippen LogP contribution in [0.1, 0.15) is 17.2 Å². The third-order valence-corrected chi connectivity index (χ3v) is 6.50. The lowest BCUT2D eigenvalue weighted by molar-refractivity contribution is -0.128. The van der Waals surface area contributed by atoms with Crippen molar-refractivity contribution in [1.82, 2.24) is 9.80 Å². The maximum Gasteiger partial charge on any atom is 0.266 e. The molecule has 1 amide bonds. The fraction of sp³-hybridized carbons (Fsp3) is 0.185. The molecule has 0 atom stereocenters. The van der Waals surface area contributed by atoms with Gasteiger partial charge >= 0.3 is 0 Å². The number of halogens is 2. The van der Waals surface area contributed by atoms with Crippen LogP contribution < -0.4 is 5.32 Å². The summed E-state index contributed by atoms with van der Waals surface area (Å²) in [6.07, 6.45) is 1.37. The summed E-state index contributed by atoms with van der Waals surface area (Å²) in [5.41, 5.74) is 2.90. The fourth-order valence-electron chi connectivity index (χ4n) is 4.16. The van der Waals surface area contributed by atoms with Crippen molar-refractivity contribution < 1.29 is 4.79 Å². The van der Waals surface area contributed by atoms with Crippen molar-refractivity contribution in [3.63, 3.8) is 0 Å². The average Bonchev–Trinajstić information content (AvgIpc) is 2.87. The van der Waals surface area contributed by atoms with Crippen molar-refractivity contribution in [3.8, 4) is 6.07 Å². The SMILES string of the molecule is N#C/C(=C/Nc1c(Cl)cccc1Cl)C(=O)N1CCN(C(c2ccccc2)c2ccccc2)CC1. The van der Waals surface area contributed by atoms with E-state index in [1.54, 1.807) is 23.1 Å². The monoisotopic (exact) mass is 490 g/mol. The van der Waals surface area contributed by atoms with Gasteiger partial charge in [0.1, 0.15) is 11.6 Å². The van der Waals surface area contributed by atoms with Gasteiger partial charge in [0.25, 0.3) is 5.91 Å². The van der Waals surface area contributed by atoms with Crippen LogP contribution in [0, 0.1) is 11.3 Å². The number of piperazine rings is 1. The largest absolute Gasteiger partial charge is 0.358 e. The quantitative estimate of drug-likeness (QED) is 0.353. The van der Waals surface area contributed by atoms with Crippen molar-refractivity contribution in [2.45, 2.75) is 6.04 Å². The van der Waals surface area contributed by atoms with Crippen LogP contribution in [0.4, 0.5) is 5.69 Å². The lowest BCUT2D eigenvalue weighted by Crippen LogP contribution is -2.50. The van der Waals surface area contributed by atoms with Crippen LogP contribution in [0.5, 0.6) is 0 Å². The Morgan fingerprint density at radius 2 is 1.38 bits per heavy atom. The molecule has 3 aromatic carbocycles. The van der Waals surface area contributed by atoms with E-state index in [0.29, 0.717) is 41.9 Å². The van der Waals surface area contributed by atoms with Crippen LogP contribution in [-0.4, -0.2) is 41.9 Å². The molecule has 0 radical (unpaired) electrons. The zero-order valence-electron chi connectivity index (χ0n) is 18.5. The Bertz CT molecular complexity index is 1140. The van der Waals surface area contributed by atoms with Gasteiger partial charge in [0.2, 0.25) is 0 Å². The van der Waals surface area contributed by atoms with E-state index in [4.69, 9.17) is 23.2 Å². The second kappa shape index (κ2) is 11.2. The van der Waals surface area contributed by atoms with Gasteiger partial charge < -0.3 is 10.2 Å². The molecule has 1 saturated heterocycles. The van der Waals surface area contributed by atoms with Gasteiger partial charge in [0.05, 0.1) is 21.8 Å². The van der Waals surface area contributed by atoms with Crippen LogP contribution in [0.3, 0.4) is 0 Å². The van der Waals surface area contributed by atoms with Crippen LogP contribution in [-0.2, 0) is 4.79 Å². The molecule has 172 valence electrons. The molecule has 1 N–H and O–H groups in total. The number of nitrogens with zero attached hydrogens (tertiary/aromatic N) is 3. The van der Waals surface area contributed by atoms with Gasteiger partial charge in [-0.05, 0) is 23.3 Å². The van der Waals surface area contributed by atoms with E-state index in [1.807, 2.05) is 42.5 Å². The first-order valence-corrected chi connectivity index (χ1v) is 11.8. The van der Waals surface area contributed by atoms with Gasteiger partial charge in [-0.25, -0.2) is 0 Å². The molecule has 0 bridgehead atoms. The number of rotatable bonds is 6. The average molecular weight is 491 g/mol. The minimum absolute atomic E-state index is 0.00658. The molecule has 0 saturated carbocycles. The molecule has 3 aromatic rings. The maximum atomic E-state index is 13.0. The third kappa shape index (κ3) is 5.43. The molecule has 1 aliphatic heterocycles. The summed E-state index contributed by atoms with van der Waals surface area (Å²) in [4.78, 5) is 17.1. The number of nitriles is 1. The van der Waals surface area contributed by atoms with Gasteiger partial charge in [-0.15, -0.1) is 0 Å². The highest BCUT2D eigenvalue weighted by molar-refractivity contribution is 6.39. The summed E-state index contributed by atoms with van der Waals surface area (Å²) in [6.45, 7) is 2.45. The Labute approximate surface area is 209 Å². The van der Waals surface area contributed by atoms with Crippen molar-refractivity contribution in [1.29, 1.82) is 5.26 Å². The van der Waals surface area contributed by atoms with Gasteiger partial charge in [0, 0.05) is 32.4 Å². The summed E-state index contributed by atoms with van der Waals surface area (Å²) < 4.78 is 0. The molecule has 0 spiro atoms. The molecule has 4 rings (SSSR count). The first kappa shape index (κ1) is 23.8. The van der Waals surface area contributed by atoms with E-state index < -0.39 is 0 Å². The summed E-state index contributed by atoms with van der Waals surface area (Å²) >= 11 is 12.3. The number of benzene rings is 3. The Hall–Kier alpha value is -3.30. The standard InChI is InChI=1S/C27H24Cl2N4O/c28-23-12-7-13-24(29)25(23)31-19-22(18-30)27(34)33-16-14-32(15-17-33)26(20-8-3-1-4-9-20)21-10-5-2-6-11-21/h1-13,19,26,31H,14-17H2/b22-19-. The topological polar surface area (TPSA) is 59.4 Å². The summed E-state index contributed by atoms with van der Waals surface area (Å²) in [5, 5.41) is 13.3. The van der Waals surface area contributed by atoms with Crippen molar-refractivity contribution in [2.24, 2.45) is 0 Å². The minimum Gasteiger partial charge on any atom is -0.358 e. The second-order valence-corrected chi connectivity index (χ2v) is 8.78. The predicted molar refractivity (Wildman–Crippen MR) is 137 cm³/mol. The normalized spacial score (nSPS) is 14.6. The van der Waals surface area contributed by atoms with E-state index >= 15 is 0 Å². The highest BCUT2D eigenvalue weighted by Crippen LogP contribution is 2.31. The lowest BCUT2D eigenvalue weighted by Gasteiger charge is -2.39. The minimum atomic E-state index is -0.311. The van der Waals surface area contributed by atoms with Crippen molar-refractivity contribution in [2.75, 3.05) is 31.5 Å². The Balaban J connectivity index is 1.46. The fourth-order valence-corrected chi connectivity index (χ4v) is 4.67. The molecule has 34 heavy (non-hydrogen) atoms. The molecule has 0 aromatic heterocycles. The molecule has 7 heteroatoms. The number of carbonyl (C=O) groups is 1. The van der Waals surface area contributed by atoms with Crippen LogP contribution >= 0.6 is 23.2 Å². The molecule has 1 heterocycles. The third-order valence-electron chi connectivity index (χ3n) is 5.87. The van der Waals surface area contributed by atoms with E-state index in [9.17, 15) is 10.1 Å². The zero-order valence-corrected chi connectivity index (χ0v) is 20.0. The van der Waals surface area contributed by atoms with E-state index in [0.717, 1.165) is 0 Å². The molecule has 5 nitrogen and oxygen atoms in total. The highest BCUT2D eigenvalue weighted by Gasteiger charge is 2.29. The smallest absolute Gasteiger partial charge is 0.266 e. The number of hydrogen-bond donors (Lipinski definition) is 1. The first-order chi connectivity index (χ1) is 16.6. The Kier molecular flexibility index (Phi) is 7.87. The van der Waals surface area contributed by atoms with Crippen molar-refractivity contribution >= 4 is 34.8 Å². The molecule has 1 aliphatic rings. The molecular formula is C27H24Cl2N4O. The Morgan fingerprint density at radius 1 is 0.853 bits per heavy atom. The van der Waals surface area contributed by atoms with Crippen LogP contribution in [0.25, 0.3) is 0 Å². The molecule has 0 unspecified atom stereocenters. The number of anilines is 1. The van der Waals surface area contributed by atoms with Crippen LogP contribution in [0.2, 0.25) is 10.0 Å². The summed E-state index contributed by atoms with van der Waals surface area (Å²) in [7, 11) is 0.